The third-order valence-corrected chi connectivity index (χ3v) is 2.44. The summed E-state index contributed by atoms with van der Waals surface area (Å²) in [7, 11) is 0. The van der Waals surface area contributed by atoms with E-state index in [1.165, 1.54) is 12.1 Å². The normalized spacial score (nSPS) is 22.3. The number of hydrogen-bond donors (Lipinski definition) is 1. The first-order valence-electron chi connectivity index (χ1n) is 5.74. The quantitative estimate of drug-likeness (QED) is 0.794. The van der Waals surface area contributed by atoms with Crippen LogP contribution in [0.25, 0.3) is 0 Å². The van der Waals surface area contributed by atoms with Crippen molar-refractivity contribution < 1.29 is 29.9 Å². The summed E-state index contributed by atoms with van der Waals surface area (Å²) in [5, 5.41) is 8.89. The van der Waals surface area contributed by atoms with E-state index >= 15 is 0 Å². The van der Waals surface area contributed by atoms with E-state index in [4.69, 9.17) is 9.84 Å². The number of aliphatic hydroxyl groups is 1. The topological polar surface area (TPSA) is 51.5 Å². The molecule has 17 heavy (non-hydrogen) atoms. The minimum Gasteiger partial charge on any atom is -0.394 e. The predicted octanol–water partition coefficient (Wildman–Crippen LogP) is 1.54. The maximum atomic E-state index is 10.9. The van der Waals surface area contributed by atoms with Crippen LogP contribution in [-0.4, -0.2) is 22.4 Å². The number of aromatic nitrogens is 1. The Morgan fingerprint density at radius 3 is 2.41 bits per heavy atom. The summed E-state index contributed by atoms with van der Waals surface area (Å²) in [6, 6.07) is 3.02. The first kappa shape index (κ1) is 16.5. The van der Waals surface area contributed by atoms with Crippen LogP contribution in [0.2, 0.25) is 0 Å². The standard InChI is InChI=1S/C10H13NO3.C2H6.Ir/c12-7-9-1-2-10(14-9)11-5-3-8(13)4-6-11;1-2;/h3-6,9-10,12H,1-2,7H2;1-2H3;. The van der Waals surface area contributed by atoms with Crippen molar-refractivity contribution in [2.45, 2.75) is 39.0 Å². The zero-order valence-electron chi connectivity index (χ0n) is 10.1. The van der Waals surface area contributed by atoms with Crippen LogP contribution in [0, 0.1) is 0 Å². The van der Waals surface area contributed by atoms with E-state index in [9.17, 15) is 4.79 Å². The molecule has 1 aliphatic rings. The van der Waals surface area contributed by atoms with Gasteiger partial charge in [0.05, 0.1) is 12.7 Å². The molecular formula is C12H19IrNO3. The third kappa shape index (κ3) is 4.72. The maximum absolute atomic E-state index is 10.9. The molecule has 5 heteroatoms. The van der Waals surface area contributed by atoms with Gasteiger partial charge in [0, 0.05) is 44.6 Å². The van der Waals surface area contributed by atoms with Gasteiger partial charge in [0.15, 0.2) is 5.43 Å². The Balaban J connectivity index is 0.000000811. The van der Waals surface area contributed by atoms with E-state index in [1.54, 1.807) is 12.4 Å². The number of rotatable bonds is 2. The van der Waals surface area contributed by atoms with Crippen molar-refractivity contribution in [2.75, 3.05) is 6.61 Å². The largest absolute Gasteiger partial charge is 0.394 e. The minimum atomic E-state index is -0.0561. The summed E-state index contributed by atoms with van der Waals surface area (Å²) < 4.78 is 7.41. The second-order valence-corrected chi connectivity index (χ2v) is 3.45. The van der Waals surface area contributed by atoms with Gasteiger partial charge in [-0.15, -0.1) is 0 Å². The van der Waals surface area contributed by atoms with Crippen molar-refractivity contribution in [3.63, 3.8) is 0 Å². The van der Waals surface area contributed by atoms with Crippen molar-refractivity contribution >= 4 is 0 Å². The Bertz CT molecular complexity index is 347. The van der Waals surface area contributed by atoms with Crippen LogP contribution in [-0.2, 0) is 24.8 Å². The Hall–Kier alpha value is -0.481. The van der Waals surface area contributed by atoms with Crippen LogP contribution in [0.15, 0.2) is 29.3 Å². The van der Waals surface area contributed by atoms with Crippen molar-refractivity contribution in [2.24, 2.45) is 0 Å². The van der Waals surface area contributed by atoms with Crippen LogP contribution < -0.4 is 5.43 Å². The Labute approximate surface area is 115 Å². The molecule has 2 heterocycles. The van der Waals surface area contributed by atoms with Gasteiger partial charge >= 0.3 is 0 Å². The smallest absolute Gasteiger partial charge is 0.181 e. The Kier molecular flexibility index (Phi) is 8.34. The second-order valence-electron chi connectivity index (χ2n) is 3.45. The molecule has 0 spiro atoms. The minimum absolute atomic E-state index is 0. The van der Waals surface area contributed by atoms with Crippen LogP contribution in [0.4, 0.5) is 0 Å². The van der Waals surface area contributed by atoms with Gasteiger partial charge in [0.2, 0.25) is 0 Å². The monoisotopic (exact) mass is 418 g/mol. The summed E-state index contributed by atoms with van der Waals surface area (Å²) in [6.45, 7) is 4.07. The van der Waals surface area contributed by atoms with Crippen molar-refractivity contribution in [3.05, 3.63) is 34.7 Å². The van der Waals surface area contributed by atoms with Gasteiger partial charge in [-0.2, -0.15) is 0 Å². The molecule has 1 aromatic rings. The molecule has 1 fully saturated rings. The van der Waals surface area contributed by atoms with Gasteiger partial charge < -0.3 is 14.4 Å². The van der Waals surface area contributed by atoms with Gasteiger partial charge in [-0.05, 0) is 12.8 Å². The van der Waals surface area contributed by atoms with Gasteiger partial charge in [-0.3, -0.25) is 4.79 Å². The fraction of sp³-hybridized carbons (Fsp3) is 0.583. The molecule has 2 unspecified atom stereocenters. The van der Waals surface area contributed by atoms with Crippen molar-refractivity contribution in [1.29, 1.82) is 0 Å². The average molecular weight is 418 g/mol. The Morgan fingerprint density at radius 1 is 1.35 bits per heavy atom. The Morgan fingerprint density at radius 2 is 1.94 bits per heavy atom. The zero-order chi connectivity index (χ0) is 12.0. The first-order valence-corrected chi connectivity index (χ1v) is 5.74. The molecular weight excluding hydrogens is 398 g/mol. The van der Waals surface area contributed by atoms with Gasteiger partial charge in [-0.25, -0.2) is 0 Å². The summed E-state index contributed by atoms with van der Waals surface area (Å²) in [6.07, 6.45) is 5.09. The maximum Gasteiger partial charge on any atom is 0.181 e. The molecule has 2 atom stereocenters. The number of pyridine rings is 1. The van der Waals surface area contributed by atoms with Gasteiger partial charge in [0.25, 0.3) is 0 Å². The summed E-state index contributed by atoms with van der Waals surface area (Å²) in [5.74, 6) is 0. The van der Waals surface area contributed by atoms with E-state index in [-0.39, 0.29) is 44.5 Å². The molecule has 0 aliphatic carbocycles. The van der Waals surface area contributed by atoms with Crippen LogP contribution in [0.1, 0.15) is 32.9 Å². The van der Waals surface area contributed by atoms with Crippen molar-refractivity contribution in [3.8, 4) is 0 Å². The molecule has 2 rings (SSSR count). The summed E-state index contributed by atoms with van der Waals surface area (Å²) in [4.78, 5) is 10.9. The SMILES string of the molecule is CC.O=c1ccn(C2CCC(CO)O2)cc1.[Ir]. The molecule has 1 aromatic heterocycles. The van der Waals surface area contributed by atoms with E-state index in [0.717, 1.165) is 12.8 Å². The molecule has 0 saturated carbocycles. The third-order valence-electron chi connectivity index (χ3n) is 2.44. The van der Waals surface area contributed by atoms with Gasteiger partial charge in [-0.1, -0.05) is 13.8 Å². The molecule has 1 radical (unpaired) electrons. The van der Waals surface area contributed by atoms with E-state index in [0.29, 0.717) is 0 Å². The predicted molar refractivity (Wildman–Crippen MR) is 62.3 cm³/mol. The molecule has 99 valence electrons. The zero-order valence-corrected chi connectivity index (χ0v) is 12.5. The van der Waals surface area contributed by atoms with Gasteiger partial charge in [0.1, 0.15) is 6.23 Å². The second kappa shape index (κ2) is 8.59. The number of hydrogen-bond acceptors (Lipinski definition) is 3. The first-order chi connectivity index (χ1) is 7.79. The molecule has 0 amide bonds. The number of ether oxygens (including phenoxy) is 1. The molecule has 4 nitrogen and oxygen atoms in total. The van der Waals surface area contributed by atoms with E-state index < -0.39 is 0 Å². The van der Waals surface area contributed by atoms with Crippen molar-refractivity contribution in [1.82, 2.24) is 4.57 Å². The van der Waals surface area contributed by atoms with E-state index in [1.807, 2.05) is 18.4 Å². The fourth-order valence-corrected chi connectivity index (χ4v) is 1.66. The fourth-order valence-electron chi connectivity index (χ4n) is 1.66. The molecule has 1 aliphatic heterocycles. The molecule has 0 aromatic carbocycles. The van der Waals surface area contributed by atoms with Crippen LogP contribution in [0.5, 0.6) is 0 Å². The molecule has 1 saturated heterocycles. The number of nitrogens with zero attached hydrogens (tertiary/aromatic N) is 1. The van der Waals surface area contributed by atoms with Crippen LogP contribution >= 0.6 is 0 Å². The molecule has 1 N–H and O–H groups in total. The molecule has 0 bridgehead atoms. The average Bonchev–Trinajstić information content (AvgIpc) is 2.81. The number of aliphatic hydroxyl groups excluding tert-OH is 1. The van der Waals surface area contributed by atoms with E-state index in [2.05, 4.69) is 0 Å². The summed E-state index contributed by atoms with van der Waals surface area (Å²) >= 11 is 0. The summed E-state index contributed by atoms with van der Waals surface area (Å²) in [5.41, 5.74) is -0.00189. The van der Waals surface area contributed by atoms with Crippen LogP contribution in [0.3, 0.4) is 0 Å².